The van der Waals surface area contributed by atoms with Crippen LogP contribution in [0.5, 0.6) is 0 Å². The SMILES string of the molecule is CCN(C(=O)C1CCCCC1C(=O)O)C1CCNCC1. The third-order valence-corrected chi connectivity index (χ3v) is 4.77. The Labute approximate surface area is 120 Å². The Kier molecular flexibility index (Phi) is 5.40. The fourth-order valence-corrected chi connectivity index (χ4v) is 3.65. The van der Waals surface area contributed by atoms with Crippen molar-refractivity contribution in [2.24, 2.45) is 11.8 Å². The maximum atomic E-state index is 12.8. The van der Waals surface area contributed by atoms with Gasteiger partial charge >= 0.3 is 5.97 Å². The van der Waals surface area contributed by atoms with Crippen LogP contribution in [0, 0.1) is 11.8 Å². The molecule has 0 aromatic rings. The van der Waals surface area contributed by atoms with Crippen molar-refractivity contribution in [3.63, 3.8) is 0 Å². The standard InChI is InChI=1S/C15H26N2O3/c1-2-17(11-7-9-16-10-8-11)14(18)12-5-3-4-6-13(12)15(19)20/h11-13,16H,2-10H2,1H3,(H,19,20). The molecule has 0 aromatic carbocycles. The van der Waals surface area contributed by atoms with Gasteiger partial charge in [-0.25, -0.2) is 0 Å². The van der Waals surface area contributed by atoms with Gasteiger partial charge in [0.25, 0.3) is 0 Å². The first-order chi connectivity index (χ1) is 9.65. The molecule has 1 saturated carbocycles. The highest BCUT2D eigenvalue weighted by atomic mass is 16.4. The van der Waals surface area contributed by atoms with Crippen molar-refractivity contribution in [3.05, 3.63) is 0 Å². The fourth-order valence-electron chi connectivity index (χ4n) is 3.65. The number of carboxylic acid groups (broad SMARTS) is 1. The van der Waals surface area contributed by atoms with Crippen LogP contribution in [0.3, 0.4) is 0 Å². The van der Waals surface area contributed by atoms with E-state index in [0.717, 1.165) is 45.2 Å². The number of carboxylic acids is 1. The number of hydrogen-bond acceptors (Lipinski definition) is 3. The molecule has 1 amide bonds. The van der Waals surface area contributed by atoms with Gasteiger partial charge in [0.15, 0.2) is 0 Å². The number of amides is 1. The minimum Gasteiger partial charge on any atom is -0.481 e. The molecule has 1 saturated heterocycles. The largest absolute Gasteiger partial charge is 0.481 e. The number of hydrogen-bond donors (Lipinski definition) is 2. The minimum absolute atomic E-state index is 0.0755. The van der Waals surface area contributed by atoms with Crippen molar-refractivity contribution in [2.75, 3.05) is 19.6 Å². The number of rotatable bonds is 4. The topological polar surface area (TPSA) is 69.6 Å². The molecule has 5 nitrogen and oxygen atoms in total. The molecule has 2 atom stereocenters. The summed E-state index contributed by atoms with van der Waals surface area (Å²) in [6.45, 7) is 4.58. The molecule has 2 aliphatic rings. The maximum absolute atomic E-state index is 12.8. The number of aliphatic carboxylic acids is 1. The van der Waals surface area contributed by atoms with E-state index >= 15 is 0 Å². The molecule has 0 radical (unpaired) electrons. The molecule has 0 bridgehead atoms. The second-order valence-corrected chi connectivity index (χ2v) is 5.94. The predicted octanol–water partition coefficient (Wildman–Crippen LogP) is 1.48. The smallest absolute Gasteiger partial charge is 0.307 e. The van der Waals surface area contributed by atoms with Crippen molar-refractivity contribution >= 4 is 11.9 Å². The molecule has 114 valence electrons. The van der Waals surface area contributed by atoms with E-state index in [1.807, 2.05) is 11.8 Å². The molecule has 2 rings (SSSR count). The summed E-state index contributed by atoms with van der Waals surface area (Å²) in [7, 11) is 0. The van der Waals surface area contributed by atoms with Crippen LogP contribution < -0.4 is 5.32 Å². The van der Waals surface area contributed by atoms with E-state index in [9.17, 15) is 14.7 Å². The zero-order valence-electron chi connectivity index (χ0n) is 12.3. The third kappa shape index (κ3) is 3.32. The van der Waals surface area contributed by atoms with Gasteiger partial charge in [-0.15, -0.1) is 0 Å². The zero-order chi connectivity index (χ0) is 14.5. The summed E-state index contributed by atoms with van der Waals surface area (Å²) in [6, 6.07) is 0.283. The molecule has 2 fully saturated rings. The summed E-state index contributed by atoms with van der Waals surface area (Å²) in [5, 5.41) is 12.6. The lowest BCUT2D eigenvalue weighted by Gasteiger charge is -2.38. The molecular formula is C15H26N2O3. The Balaban J connectivity index is 2.07. The van der Waals surface area contributed by atoms with Crippen LogP contribution in [0.2, 0.25) is 0 Å². The van der Waals surface area contributed by atoms with E-state index in [4.69, 9.17) is 0 Å². The highest BCUT2D eigenvalue weighted by Gasteiger charge is 2.39. The summed E-state index contributed by atoms with van der Waals surface area (Å²) in [4.78, 5) is 26.1. The first kappa shape index (κ1) is 15.3. The fraction of sp³-hybridized carbons (Fsp3) is 0.867. The zero-order valence-corrected chi connectivity index (χ0v) is 12.3. The Bertz CT molecular complexity index is 353. The molecule has 0 aromatic heterocycles. The van der Waals surface area contributed by atoms with E-state index < -0.39 is 11.9 Å². The normalized spacial score (nSPS) is 28.1. The van der Waals surface area contributed by atoms with Crippen LogP contribution in [0.25, 0.3) is 0 Å². The Morgan fingerprint density at radius 1 is 1.10 bits per heavy atom. The minimum atomic E-state index is -0.801. The van der Waals surface area contributed by atoms with Crippen LogP contribution in [0.1, 0.15) is 45.4 Å². The summed E-state index contributed by atoms with van der Waals surface area (Å²) in [5.74, 6) is -1.51. The van der Waals surface area contributed by atoms with Crippen LogP contribution in [0.15, 0.2) is 0 Å². The number of carbonyl (C=O) groups excluding carboxylic acids is 1. The molecule has 0 spiro atoms. The molecule has 1 heterocycles. The van der Waals surface area contributed by atoms with Crippen LogP contribution in [-0.2, 0) is 9.59 Å². The van der Waals surface area contributed by atoms with Crippen molar-refractivity contribution in [1.82, 2.24) is 10.2 Å². The summed E-state index contributed by atoms with van der Waals surface area (Å²) >= 11 is 0. The second kappa shape index (κ2) is 7.07. The summed E-state index contributed by atoms with van der Waals surface area (Å²) < 4.78 is 0. The highest BCUT2D eigenvalue weighted by molar-refractivity contribution is 5.85. The average molecular weight is 282 g/mol. The van der Waals surface area contributed by atoms with Crippen molar-refractivity contribution < 1.29 is 14.7 Å². The first-order valence-corrected chi connectivity index (χ1v) is 7.89. The first-order valence-electron chi connectivity index (χ1n) is 7.89. The number of nitrogens with zero attached hydrogens (tertiary/aromatic N) is 1. The van der Waals surface area contributed by atoms with Gasteiger partial charge in [-0.2, -0.15) is 0 Å². The monoisotopic (exact) mass is 282 g/mol. The number of carbonyl (C=O) groups is 2. The van der Waals surface area contributed by atoms with Gasteiger partial charge in [0, 0.05) is 12.6 Å². The average Bonchev–Trinajstić information content (AvgIpc) is 2.49. The van der Waals surface area contributed by atoms with E-state index in [2.05, 4.69) is 5.32 Å². The molecule has 1 aliphatic carbocycles. The van der Waals surface area contributed by atoms with Gasteiger partial charge < -0.3 is 15.3 Å². The highest BCUT2D eigenvalue weighted by Crippen LogP contribution is 2.32. The lowest BCUT2D eigenvalue weighted by molar-refractivity contribution is -0.153. The molecule has 1 aliphatic heterocycles. The molecule has 20 heavy (non-hydrogen) atoms. The van der Waals surface area contributed by atoms with E-state index in [-0.39, 0.29) is 17.9 Å². The molecule has 2 N–H and O–H groups in total. The van der Waals surface area contributed by atoms with Gasteiger partial charge in [-0.1, -0.05) is 12.8 Å². The third-order valence-electron chi connectivity index (χ3n) is 4.77. The molecule has 5 heteroatoms. The second-order valence-electron chi connectivity index (χ2n) is 5.94. The maximum Gasteiger partial charge on any atom is 0.307 e. The quantitative estimate of drug-likeness (QED) is 0.819. The van der Waals surface area contributed by atoms with E-state index in [1.54, 1.807) is 0 Å². The van der Waals surface area contributed by atoms with Gasteiger partial charge in [0.1, 0.15) is 0 Å². The Morgan fingerprint density at radius 3 is 2.25 bits per heavy atom. The van der Waals surface area contributed by atoms with Gasteiger partial charge in [0.05, 0.1) is 11.8 Å². The molecular weight excluding hydrogens is 256 g/mol. The predicted molar refractivity (Wildman–Crippen MR) is 76.4 cm³/mol. The van der Waals surface area contributed by atoms with Crippen LogP contribution in [-0.4, -0.2) is 47.6 Å². The van der Waals surface area contributed by atoms with E-state index in [1.165, 1.54) is 0 Å². The summed E-state index contributed by atoms with van der Waals surface area (Å²) in [5.41, 5.74) is 0. The van der Waals surface area contributed by atoms with E-state index in [0.29, 0.717) is 13.0 Å². The lowest BCUT2D eigenvalue weighted by Crippen LogP contribution is -2.50. The van der Waals surface area contributed by atoms with Gasteiger partial charge in [-0.3, -0.25) is 9.59 Å². The Morgan fingerprint density at radius 2 is 1.70 bits per heavy atom. The van der Waals surface area contributed by atoms with Crippen molar-refractivity contribution in [1.29, 1.82) is 0 Å². The van der Waals surface area contributed by atoms with Crippen molar-refractivity contribution in [2.45, 2.75) is 51.5 Å². The van der Waals surface area contributed by atoms with Gasteiger partial charge in [0.2, 0.25) is 5.91 Å². The number of nitrogens with one attached hydrogen (secondary N) is 1. The van der Waals surface area contributed by atoms with Crippen LogP contribution in [0.4, 0.5) is 0 Å². The van der Waals surface area contributed by atoms with Crippen LogP contribution >= 0.6 is 0 Å². The number of piperidine rings is 1. The van der Waals surface area contributed by atoms with Crippen molar-refractivity contribution in [3.8, 4) is 0 Å². The lowest BCUT2D eigenvalue weighted by atomic mass is 9.78. The van der Waals surface area contributed by atoms with Gasteiger partial charge in [-0.05, 0) is 45.7 Å². The Hall–Kier alpha value is -1.10. The summed E-state index contributed by atoms with van der Waals surface area (Å²) in [6.07, 6.45) is 5.24. The molecule has 2 unspecified atom stereocenters.